The van der Waals surface area contributed by atoms with E-state index < -0.39 is 0 Å². The molecule has 2 aromatic heterocycles. The fourth-order valence-corrected chi connectivity index (χ4v) is 2.90. The fourth-order valence-electron chi connectivity index (χ4n) is 2.90. The van der Waals surface area contributed by atoms with Gasteiger partial charge in [-0.3, -0.25) is 0 Å². The number of fused-ring (bicyclic) bond motifs is 1. The summed E-state index contributed by atoms with van der Waals surface area (Å²) in [6.07, 6.45) is 2.08. The first-order valence-electron chi connectivity index (χ1n) is 6.59. The zero-order chi connectivity index (χ0) is 13.8. The van der Waals surface area contributed by atoms with Gasteiger partial charge in [-0.2, -0.15) is 9.78 Å². The highest BCUT2D eigenvalue weighted by atomic mass is 15.4. The first-order valence-corrected chi connectivity index (χ1v) is 6.59. The van der Waals surface area contributed by atoms with E-state index in [4.69, 9.17) is 5.73 Å². The normalized spacial score (nSPS) is 16.6. The van der Waals surface area contributed by atoms with Crippen LogP contribution in [0, 0.1) is 13.8 Å². The Morgan fingerprint density at radius 3 is 2.42 bits per heavy atom. The topological polar surface area (TPSA) is 69.6 Å². The van der Waals surface area contributed by atoms with Crippen LogP contribution in [0.25, 0.3) is 5.95 Å². The van der Waals surface area contributed by atoms with E-state index in [0.29, 0.717) is 11.8 Å². The third-order valence-electron chi connectivity index (χ3n) is 3.82. The minimum absolute atomic E-state index is 0.0938. The van der Waals surface area contributed by atoms with E-state index in [-0.39, 0.29) is 5.41 Å². The van der Waals surface area contributed by atoms with E-state index in [0.717, 1.165) is 35.5 Å². The summed E-state index contributed by atoms with van der Waals surface area (Å²) in [4.78, 5) is 8.87. The largest absolute Gasteiger partial charge is 0.383 e. The zero-order valence-electron chi connectivity index (χ0n) is 11.9. The summed E-state index contributed by atoms with van der Waals surface area (Å²) < 4.78 is 1.69. The average Bonchev–Trinajstić information content (AvgIpc) is 2.77. The molecule has 0 aliphatic heterocycles. The summed E-state index contributed by atoms with van der Waals surface area (Å²) in [7, 11) is 0. The lowest BCUT2D eigenvalue weighted by atomic mass is 9.87. The van der Waals surface area contributed by atoms with Crippen molar-refractivity contribution in [2.45, 2.75) is 46.0 Å². The van der Waals surface area contributed by atoms with Gasteiger partial charge in [-0.1, -0.05) is 13.8 Å². The number of anilines is 1. The maximum atomic E-state index is 6.28. The predicted molar refractivity (Wildman–Crippen MR) is 74.4 cm³/mol. The second kappa shape index (κ2) is 3.79. The van der Waals surface area contributed by atoms with Crippen LogP contribution in [-0.4, -0.2) is 19.7 Å². The molecule has 0 saturated heterocycles. The van der Waals surface area contributed by atoms with Crippen molar-refractivity contribution in [1.82, 2.24) is 19.7 Å². The Morgan fingerprint density at radius 1 is 1.21 bits per heavy atom. The van der Waals surface area contributed by atoms with Gasteiger partial charge in [-0.25, -0.2) is 9.97 Å². The van der Waals surface area contributed by atoms with Crippen LogP contribution in [0.2, 0.25) is 0 Å². The minimum atomic E-state index is 0.0938. The third-order valence-corrected chi connectivity index (χ3v) is 3.82. The molecule has 19 heavy (non-hydrogen) atoms. The van der Waals surface area contributed by atoms with Crippen molar-refractivity contribution in [2.75, 3.05) is 5.73 Å². The molecule has 1 aliphatic rings. The standard InChI is InChI=1S/C14H19N5/c1-8-7-9(2)17-13(16-8)19-12(15)11-10(18-19)5-6-14(11,3)4/h7H,5-6,15H2,1-4H3. The van der Waals surface area contributed by atoms with Crippen LogP contribution in [0.15, 0.2) is 6.07 Å². The molecule has 2 aromatic rings. The Balaban J connectivity index is 2.18. The molecule has 5 heteroatoms. The number of aromatic nitrogens is 4. The predicted octanol–water partition coefficient (Wildman–Crippen LogP) is 2.09. The number of hydrogen-bond acceptors (Lipinski definition) is 4. The molecule has 0 unspecified atom stereocenters. The molecule has 0 amide bonds. The molecule has 0 aromatic carbocycles. The molecule has 100 valence electrons. The number of aryl methyl sites for hydroxylation is 3. The minimum Gasteiger partial charge on any atom is -0.383 e. The molecule has 3 rings (SSSR count). The van der Waals surface area contributed by atoms with Gasteiger partial charge in [-0.15, -0.1) is 0 Å². The molecule has 2 heterocycles. The van der Waals surface area contributed by atoms with Crippen molar-refractivity contribution >= 4 is 5.82 Å². The second-order valence-corrected chi connectivity index (χ2v) is 5.95. The molecular formula is C14H19N5. The summed E-state index contributed by atoms with van der Waals surface area (Å²) in [6.45, 7) is 8.33. The first-order chi connectivity index (χ1) is 8.88. The van der Waals surface area contributed by atoms with Crippen molar-refractivity contribution in [3.63, 3.8) is 0 Å². The van der Waals surface area contributed by atoms with Crippen LogP contribution < -0.4 is 5.73 Å². The quantitative estimate of drug-likeness (QED) is 0.849. The highest BCUT2D eigenvalue weighted by Crippen LogP contribution is 2.41. The number of rotatable bonds is 1. The van der Waals surface area contributed by atoms with Gasteiger partial charge in [0, 0.05) is 17.0 Å². The van der Waals surface area contributed by atoms with Crippen LogP contribution in [0.1, 0.15) is 42.9 Å². The Labute approximate surface area is 112 Å². The molecule has 0 radical (unpaired) electrons. The van der Waals surface area contributed by atoms with E-state index in [2.05, 4.69) is 28.9 Å². The van der Waals surface area contributed by atoms with E-state index in [9.17, 15) is 0 Å². The maximum absolute atomic E-state index is 6.28. The van der Waals surface area contributed by atoms with Gasteiger partial charge in [0.2, 0.25) is 0 Å². The molecule has 0 spiro atoms. The summed E-state index contributed by atoms with van der Waals surface area (Å²) in [5, 5.41) is 4.61. The lowest BCUT2D eigenvalue weighted by molar-refractivity contribution is 0.519. The second-order valence-electron chi connectivity index (χ2n) is 5.95. The summed E-state index contributed by atoms with van der Waals surface area (Å²) in [6, 6.07) is 1.95. The SMILES string of the molecule is Cc1cc(C)nc(-n2nc3c(c2N)C(C)(C)CC3)n1. The van der Waals surface area contributed by atoms with E-state index in [1.165, 1.54) is 0 Å². The molecular weight excluding hydrogens is 238 g/mol. The fraction of sp³-hybridized carbons (Fsp3) is 0.500. The van der Waals surface area contributed by atoms with Crippen LogP contribution in [0.3, 0.4) is 0 Å². The maximum Gasteiger partial charge on any atom is 0.252 e. The number of hydrogen-bond donors (Lipinski definition) is 1. The molecule has 1 aliphatic carbocycles. The Hall–Kier alpha value is -1.91. The van der Waals surface area contributed by atoms with Gasteiger partial charge in [0.05, 0.1) is 5.69 Å². The molecule has 0 fully saturated rings. The number of nitrogens with two attached hydrogens (primary N) is 1. The van der Waals surface area contributed by atoms with Gasteiger partial charge < -0.3 is 5.73 Å². The smallest absolute Gasteiger partial charge is 0.252 e. The van der Waals surface area contributed by atoms with Crippen molar-refractivity contribution in [1.29, 1.82) is 0 Å². The number of nitrogen functional groups attached to an aromatic ring is 1. The van der Waals surface area contributed by atoms with Crippen molar-refractivity contribution in [2.24, 2.45) is 0 Å². The summed E-state index contributed by atoms with van der Waals surface area (Å²) in [5.41, 5.74) is 10.5. The van der Waals surface area contributed by atoms with Crippen LogP contribution in [0.4, 0.5) is 5.82 Å². The van der Waals surface area contributed by atoms with Crippen molar-refractivity contribution in [3.8, 4) is 5.95 Å². The summed E-state index contributed by atoms with van der Waals surface area (Å²) in [5.74, 6) is 1.25. The van der Waals surface area contributed by atoms with Gasteiger partial charge in [0.25, 0.3) is 5.95 Å². The number of nitrogens with zero attached hydrogens (tertiary/aromatic N) is 4. The van der Waals surface area contributed by atoms with Crippen molar-refractivity contribution in [3.05, 3.63) is 28.7 Å². The van der Waals surface area contributed by atoms with Gasteiger partial charge in [0.15, 0.2) is 0 Å². The molecule has 0 atom stereocenters. The van der Waals surface area contributed by atoms with E-state index >= 15 is 0 Å². The van der Waals surface area contributed by atoms with Crippen LogP contribution in [0.5, 0.6) is 0 Å². The molecule has 0 bridgehead atoms. The van der Waals surface area contributed by atoms with Gasteiger partial charge in [-0.05, 0) is 38.2 Å². The Bertz CT molecular complexity index is 634. The Kier molecular flexibility index (Phi) is 2.42. The van der Waals surface area contributed by atoms with E-state index in [1.54, 1.807) is 4.68 Å². The van der Waals surface area contributed by atoms with Gasteiger partial charge in [0.1, 0.15) is 5.82 Å². The van der Waals surface area contributed by atoms with Crippen molar-refractivity contribution < 1.29 is 0 Å². The lowest BCUT2D eigenvalue weighted by Crippen LogP contribution is -2.16. The average molecular weight is 257 g/mol. The third kappa shape index (κ3) is 1.80. The molecule has 0 saturated carbocycles. The van der Waals surface area contributed by atoms with Crippen LogP contribution >= 0.6 is 0 Å². The van der Waals surface area contributed by atoms with Gasteiger partial charge >= 0.3 is 0 Å². The molecule has 5 nitrogen and oxygen atoms in total. The Morgan fingerprint density at radius 2 is 1.84 bits per heavy atom. The van der Waals surface area contributed by atoms with Crippen LogP contribution in [-0.2, 0) is 11.8 Å². The lowest BCUT2D eigenvalue weighted by Gasteiger charge is -2.18. The highest BCUT2D eigenvalue weighted by Gasteiger charge is 2.36. The zero-order valence-corrected chi connectivity index (χ0v) is 11.9. The van der Waals surface area contributed by atoms with E-state index in [1.807, 2.05) is 19.9 Å². The monoisotopic (exact) mass is 257 g/mol. The highest BCUT2D eigenvalue weighted by molar-refractivity contribution is 5.53. The molecule has 2 N–H and O–H groups in total. The summed E-state index contributed by atoms with van der Waals surface area (Å²) >= 11 is 0. The first kappa shape index (κ1) is 12.1.